The summed E-state index contributed by atoms with van der Waals surface area (Å²) in [6.45, 7) is 2.60. The van der Waals surface area contributed by atoms with Crippen LogP contribution in [-0.2, 0) is 32.1 Å². The molecule has 0 saturated heterocycles. The summed E-state index contributed by atoms with van der Waals surface area (Å²) in [7, 11) is 0. The molecular weight excluding hydrogens is 439 g/mol. The second-order valence-corrected chi connectivity index (χ2v) is 8.68. The van der Waals surface area contributed by atoms with Crippen molar-refractivity contribution in [2.24, 2.45) is 0 Å². The van der Waals surface area contributed by atoms with Crippen molar-refractivity contribution in [1.82, 2.24) is 14.5 Å². The van der Waals surface area contributed by atoms with E-state index >= 15 is 0 Å². The number of halogens is 3. The van der Waals surface area contributed by atoms with Crippen LogP contribution in [0.3, 0.4) is 0 Å². The monoisotopic (exact) mass is 463 g/mol. The maximum absolute atomic E-state index is 13.6. The first kappa shape index (κ1) is 22.3. The maximum Gasteiger partial charge on any atom is 0.416 e. The lowest BCUT2D eigenvalue weighted by atomic mass is 10.0. The topological polar surface area (TPSA) is 38.1 Å². The smallest absolute Gasteiger partial charge is 0.298 e. The van der Waals surface area contributed by atoms with Crippen LogP contribution in [0.5, 0.6) is 0 Å². The Morgan fingerprint density at radius 2 is 1.47 bits per heavy atom. The number of hydrogen-bond donors (Lipinski definition) is 0. The summed E-state index contributed by atoms with van der Waals surface area (Å²) >= 11 is 0. The molecule has 4 nitrogen and oxygen atoms in total. The quantitative estimate of drug-likeness (QED) is 0.425. The van der Waals surface area contributed by atoms with Gasteiger partial charge in [-0.15, -0.1) is 0 Å². The van der Waals surface area contributed by atoms with Crippen LogP contribution < -0.4 is 5.56 Å². The fourth-order valence-electron chi connectivity index (χ4n) is 4.72. The Morgan fingerprint density at radius 3 is 2.18 bits per heavy atom. The zero-order valence-corrected chi connectivity index (χ0v) is 18.6. The number of benzene rings is 2. The molecule has 0 atom stereocenters. The molecule has 34 heavy (non-hydrogen) atoms. The lowest BCUT2D eigenvalue weighted by Gasteiger charge is -2.19. The summed E-state index contributed by atoms with van der Waals surface area (Å²) in [5.74, 6) is 0. The Bertz CT molecular complexity index is 1360. The maximum atomic E-state index is 13.6. The summed E-state index contributed by atoms with van der Waals surface area (Å²) < 4.78 is 40.4. The SMILES string of the molecule is O=c1c2c(c3cccnc3n1Cc1ccc(C(F)(F)F)cc1)CCN(Cc1ccccc1)CC2. The molecular formula is C27H24F3N3O. The van der Waals surface area contributed by atoms with Gasteiger partial charge in [-0.25, -0.2) is 4.98 Å². The zero-order valence-electron chi connectivity index (χ0n) is 18.6. The number of hydrogen-bond acceptors (Lipinski definition) is 3. The van der Waals surface area contributed by atoms with Gasteiger partial charge in [0.2, 0.25) is 0 Å². The van der Waals surface area contributed by atoms with Gasteiger partial charge in [0.1, 0.15) is 5.65 Å². The summed E-state index contributed by atoms with van der Waals surface area (Å²) in [5.41, 5.74) is 3.44. The Labute approximate surface area is 195 Å². The summed E-state index contributed by atoms with van der Waals surface area (Å²) in [4.78, 5) is 20.4. The van der Waals surface area contributed by atoms with Gasteiger partial charge in [0.15, 0.2) is 0 Å². The molecule has 1 aliphatic rings. The van der Waals surface area contributed by atoms with Crippen molar-refractivity contribution in [2.45, 2.75) is 32.1 Å². The molecule has 0 amide bonds. The molecule has 0 saturated carbocycles. The van der Waals surface area contributed by atoms with Gasteiger partial charge in [0.05, 0.1) is 12.1 Å². The Hall–Kier alpha value is -3.45. The molecule has 0 radical (unpaired) electrons. The molecule has 2 aromatic carbocycles. The van der Waals surface area contributed by atoms with Crippen LogP contribution in [0.25, 0.3) is 11.0 Å². The van der Waals surface area contributed by atoms with Crippen LogP contribution in [0.15, 0.2) is 77.7 Å². The number of rotatable bonds is 4. The summed E-state index contributed by atoms with van der Waals surface area (Å²) in [5, 5.41) is 0.936. The molecule has 174 valence electrons. The minimum Gasteiger partial charge on any atom is -0.298 e. The van der Waals surface area contributed by atoms with Crippen molar-refractivity contribution < 1.29 is 13.2 Å². The van der Waals surface area contributed by atoms with Crippen molar-refractivity contribution in [3.05, 3.63) is 111 Å². The molecule has 0 bridgehead atoms. The molecule has 0 unspecified atom stereocenters. The van der Waals surface area contributed by atoms with Gasteiger partial charge in [-0.3, -0.25) is 14.3 Å². The first-order valence-corrected chi connectivity index (χ1v) is 11.3. The van der Waals surface area contributed by atoms with E-state index in [2.05, 4.69) is 22.0 Å². The van der Waals surface area contributed by atoms with Crippen LogP contribution in [0.2, 0.25) is 0 Å². The van der Waals surface area contributed by atoms with Crippen molar-refractivity contribution in [2.75, 3.05) is 13.1 Å². The highest BCUT2D eigenvalue weighted by Crippen LogP contribution is 2.29. The number of nitrogens with zero attached hydrogens (tertiary/aromatic N) is 3. The Morgan fingerprint density at radius 1 is 0.794 bits per heavy atom. The molecule has 3 heterocycles. The molecule has 0 fully saturated rings. The van der Waals surface area contributed by atoms with Crippen LogP contribution in [-0.4, -0.2) is 27.5 Å². The van der Waals surface area contributed by atoms with E-state index in [0.717, 1.165) is 54.7 Å². The van der Waals surface area contributed by atoms with E-state index in [1.165, 1.54) is 17.7 Å². The van der Waals surface area contributed by atoms with E-state index in [-0.39, 0.29) is 12.1 Å². The predicted octanol–water partition coefficient (Wildman–Crippen LogP) is 5.06. The third-order valence-electron chi connectivity index (χ3n) is 6.46. The lowest BCUT2D eigenvalue weighted by molar-refractivity contribution is -0.137. The average molecular weight is 464 g/mol. The van der Waals surface area contributed by atoms with Gasteiger partial charge in [-0.1, -0.05) is 42.5 Å². The standard InChI is InChI=1S/C27H24F3N3O/c28-27(29,30)21-10-8-20(9-11-21)18-33-25-23(7-4-14-31-25)22-12-15-32(16-13-24(22)26(33)34)17-19-5-2-1-3-6-19/h1-11,14H,12-13,15-18H2. The normalized spacial score (nSPS) is 14.7. The highest BCUT2D eigenvalue weighted by Gasteiger charge is 2.30. The van der Waals surface area contributed by atoms with Crippen LogP contribution in [0.1, 0.15) is 27.8 Å². The minimum absolute atomic E-state index is 0.109. The van der Waals surface area contributed by atoms with Crippen molar-refractivity contribution in [3.8, 4) is 0 Å². The van der Waals surface area contributed by atoms with Crippen molar-refractivity contribution in [1.29, 1.82) is 0 Å². The van der Waals surface area contributed by atoms with Gasteiger partial charge in [0, 0.05) is 36.8 Å². The highest BCUT2D eigenvalue weighted by atomic mass is 19.4. The Balaban J connectivity index is 1.49. The third kappa shape index (κ3) is 4.48. The lowest BCUT2D eigenvalue weighted by Crippen LogP contribution is -2.28. The molecule has 0 N–H and O–H groups in total. The van der Waals surface area contributed by atoms with Gasteiger partial charge in [0.25, 0.3) is 5.56 Å². The second-order valence-electron chi connectivity index (χ2n) is 8.68. The first-order valence-electron chi connectivity index (χ1n) is 11.3. The number of fused-ring (bicyclic) bond motifs is 3. The molecule has 1 aliphatic heterocycles. The van der Waals surface area contributed by atoms with Gasteiger partial charge in [-0.2, -0.15) is 13.2 Å². The Kier molecular flexibility index (Phi) is 5.96. The largest absolute Gasteiger partial charge is 0.416 e. The minimum atomic E-state index is -4.39. The van der Waals surface area contributed by atoms with E-state index in [1.54, 1.807) is 10.8 Å². The van der Waals surface area contributed by atoms with E-state index in [0.29, 0.717) is 17.6 Å². The molecule has 0 spiro atoms. The van der Waals surface area contributed by atoms with Crippen LogP contribution >= 0.6 is 0 Å². The fraction of sp³-hybridized carbons (Fsp3) is 0.259. The van der Waals surface area contributed by atoms with E-state index in [9.17, 15) is 18.0 Å². The third-order valence-corrected chi connectivity index (χ3v) is 6.46. The summed E-state index contributed by atoms with van der Waals surface area (Å²) in [6, 6.07) is 19.1. The van der Waals surface area contributed by atoms with Gasteiger partial charge >= 0.3 is 6.18 Å². The number of alkyl halides is 3. The number of pyridine rings is 2. The van der Waals surface area contributed by atoms with E-state index in [1.807, 2.05) is 30.3 Å². The highest BCUT2D eigenvalue weighted by molar-refractivity contribution is 5.80. The van der Waals surface area contributed by atoms with Gasteiger partial charge in [-0.05, 0) is 53.8 Å². The average Bonchev–Trinajstić information content (AvgIpc) is 3.05. The van der Waals surface area contributed by atoms with Crippen molar-refractivity contribution >= 4 is 11.0 Å². The molecule has 0 aliphatic carbocycles. The summed E-state index contributed by atoms with van der Waals surface area (Å²) in [6.07, 6.45) is -1.37. The van der Waals surface area contributed by atoms with Crippen molar-refractivity contribution in [3.63, 3.8) is 0 Å². The van der Waals surface area contributed by atoms with E-state index < -0.39 is 11.7 Å². The second kappa shape index (κ2) is 9.06. The molecule has 2 aromatic heterocycles. The molecule has 7 heteroatoms. The van der Waals surface area contributed by atoms with Gasteiger partial charge < -0.3 is 0 Å². The zero-order chi connectivity index (χ0) is 23.7. The van der Waals surface area contributed by atoms with Crippen LogP contribution in [0.4, 0.5) is 13.2 Å². The predicted molar refractivity (Wildman–Crippen MR) is 126 cm³/mol. The number of aromatic nitrogens is 2. The fourth-order valence-corrected chi connectivity index (χ4v) is 4.72. The van der Waals surface area contributed by atoms with E-state index in [4.69, 9.17) is 0 Å². The molecule has 4 aromatic rings. The first-order chi connectivity index (χ1) is 16.4. The molecule has 5 rings (SSSR count). The van der Waals surface area contributed by atoms with Crippen LogP contribution in [0, 0.1) is 0 Å².